The highest BCUT2D eigenvalue weighted by Gasteiger charge is 2.33. The summed E-state index contributed by atoms with van der Waals surface area (Å²) in [6.45, 7) is 2.70. The third-order valence-corrected chi connectivity index (χ3v) is 3.71. The lowest BCUT2D eigenvalue weighted by molar-refractivity contribution is -0.125. The van der Waals surface area contributed by atoms with Crippen LogP contribution in [0, 0.1) is 0 Å². The highest BCUT2D eigenvalue weighted by molar-refractivity contribution is 6.03. The summed E-state index contributed by atoms with van der Waals surface area (Å²) in [5.41, 5.74) is 2.44. The molecule has 0 aliphatic carbocycles. The molecule has 0 radical (unpaired) electrons. The van der Waals surface area contributed by atoms with Crippen LogP contribution in [0.1, 0.15) is 18.6 Å². The van der Waals surface area contributed by atoms with Gasteiger partial charge in [0.2, 0.25) is 0 Å². The van der Waals surface area contributed by atoms with Crippen molar-refractivity contribution in [2.75, 3.05) is 37.6 Å². The van der Waals surface area contributed by atoms with E-state index in [-0.39, 0.29) is 11.9 Å². The van der Waals surface area contributed by atoms with Gasteiger partial charge in [-0.15, -0.1) is 0 Å². The zero-order valence-electron chi connectivity index (χ0n) is 11.8. The average molecular weight is 264 g/mol. The fourth-order valence-electron chi connectivity index (χ4n) is 2.32. The highest BCUT2D eigenvalue weighted by atomic mass is 16.5. The van der Waals surface area contributed by atoms with Crippen LogP contribution in [0.25, 0.3) is 0 Å². The zero-order chi connectivity index (χ0) is 14.2. The van der Waals surface area contributed by atoms with E-state index in [4.69, 9.17) is 4.74 Å². The Balaban J connectivity index is 2.30. The van der Waals surface area contributed by atoms with Crippen LogP contribution < -0.4 is 9.80 Å². The van der Waals surface area contributed by atoms with Gasteiger partial charge in [-0.3, -0.25) is 4.79 Å². The van der Waals surface area contributed by atoms with Gasteiger partial charge in [0.05, 0.1) is 12.3 Å². The molecule has 0 bridgehead atoms. The quantitative estimate of drug-likeness (QED) is 0.887. The Hall–Kier alpha value is -1.59. The van der Waals surface area contributed by atoms with Gasteiger partial charge in [0.15, 0.2) is 6.10 Å². The van der Waals surface area contributed by atoms with Gasteiger partial charge < -0.3 is 19.6 Å². The molecule has 1 aromatic carbocycles. The molecule has 0 spiro atoms. The molecule has 2 atom stereocenters. The first-order valence-corrected chi connectivity index (χ1v) is 6.28. The fourth-order valence-corrected chi connectivity index (χ4v) is 2.32. The molecule has 0 saturated carbocycles. The van der Waals surface area contributed by atoms with Crippen molar-refractivity contribution in [3.8, 4) is 0 Å². The summed E-state index contributed by atoms with van der Waals surface area (Å²) in [5, 5.41) is 9.82. The largest absolute Gasteiger partial charge is 0.383 e. The van der Waals surface area contributed by atoms with E-state index in [9.17, 15) is 9.90 Å². The minimum Gasteiger partial charge on any atom is -0.383 e. The number of rotatable bonds is 4. The number of fused-ring (bicyclic) bond motifs is 1. The van der Waals surface area contributed by atoms with Crippen LogP contribution >= 0.6 is 0 Å². The predicted molar refractivity (Wildman–Crippen MR) is 74.6 cm³/mol. The number of carbonyl (C=O) groups is 1. The molecule has 1 N–H and O–H groups in total. The van der Waals surface area contributed by atoms with Gasteiger partial charge in [-0.25, -0.2) is 0 Å². The summed E-state index contributed by atoms with van der Waals surface area (Å²) in [5.74, 6) is -0.278. The smallest absolute Gasteiger partial charge is 0.260 e. The van der Waals surface area contributed by atoms with E-state index >= 15 is 0 Å². The molecule has 1 aliphatic heterocycles. The van der Waals surface area contributed by atoms with Crippen LogP contribution in [-0.2, 0) is 9.53 Å². The van der Waals surface area contributed by atoms with Crippen molar-refractivity contribution in [1.82, 2.24) is 0 Å². The lowest BCUT2D eigenvalue weighted by Crippen LogP contribution is -2.32. The minimum absolute atomic E-state index is 0.232. The molecule has 19 heavy (non-hydrogen) atoms. The van der Waals surface area contributed by atoms with Gasteiger partial charge >= 0.3 is 0 Å². The zero-order valence-corrected chi connectivity index (χ0v) is 11.8. The standard InChI is InChI=1S/C14H20N2O3/c1-9(8-19-4)15(2)10-5-6-11-12(7-10)16(3)14(18)13(11)17/h5-7,9,13,17H,8H2,1-4H3. The predicted octanol–water partition coefficient (Wildman–Crippen LogP) is 1.17. The van der Waals surface area contributed by atoms with Crippen LogP contribution in [0.3, 0.4) is 0 Å². The van der Waals surface area contributed by atoms with Crippen molar-refractivity contribution in [2.45, 2.75) is 19.1 Å². The molecule has 5 nitrogen and oxygen atoms in total. The van der Waals surface area contributed by atoms with Gasteiger partial charge in [-0.2, -0.15) is 0 Å². The molecular formula is C14H20N2O3. The Kier molecular flexibility index (Phi) is 3.78. The molecule has 1 heterocycles. The van der Waals surface area contributed by atoms with Gasteiger partial charge in [0.1, 0.15) is 0 Å². The summed E-state index contributed by atoms with van der Waals surface area (Å²) in [6.07, 6.45) is -1.03. The molecule has 0 aromatic heterocycles. The third kappa shape index (κ3) is 2.31. The van der Waals surface area contributed by atoms with Crippen LogP contribution in [-0.4, -0.2) is 44.9 Å². The van der Waals surface area contributed by atoms with Crippen LogP contribution in [0.2, 0.25) is 0 Å². The van der Waals surface area contributed by atoms with Crippen molar-refractivity contribution >= 4 is 17.3 Å². The molecule has 0 saturated heterocycles. The van der Waals surface area contributed by atoms with Crippen molar-refractivity contribution in [1.29, 1.82) is 0 Å². The number of amides is 1. The number of anilines is 2. The first kappa shape index (κ1) is 13.8. The Morgan fingerprint density at radius 1 is 1.53 bits per heavy atom. The number of hydrogen-bond acceptors (Lipinski definition) is 4. The first-order valence-electron chi connectivity index (χ1n) is 6.28. The first-order chi connectivity index (χ1) is 8.97. The maximum absolute atomic E-state index is 11.7. The second kappa shape index (κ2) is 5.19. The molecule has 5 heteroatoms. The van der Waals surface area contributed by atoms with Crippen molar-refractivity contribution in [3.05, 3.63) is 23.8 Å². The molecule has 0 fully saturated rings. The molecular weight excluding hydrogens is 244 g/mol. The summed E-state index contributed by atoms with van der Waals surface area (Å²) in [7, 11) is 5.34. The molecule has 104 valence electrons. The second-order valence-corrected chi connectivity index (χ2v) is 4.96. The summed E-state index contributed by atoms with van der Waals surface area (Å²) >= 11 is 0. The van der Waals surface area contributed by atoms with Crippen LogP contribution in [0.4, 0.5) is 11.4 Å². The van der Waals surface area contributed by atoms with E-state index in [0.717, 1.165) is 11.4 Å². The van der Waals surface area contributed by atoms with Gasteiger partial charge in [0.25, 0.3) is 5.91 Å². The molecule has 2 rings (SSSR count). The van der Waals surface area contributed by atoms with E-state index in [0.29, 0.717) is 12.2 Å². The van der Waals surface area contributed by atoms with Crippen molar-refractivity contribution < 1.29 is 14.6 Å². The normalized spacial score (nSPS) is 19.5. The number of benzene rings is 1. The van der Waals surface area contributed by atoms with E-state index in [1.807, 2.05) is 25.2 Å². The van der Waals surface area contributed by atoms with E-state index in [1.165, 1.54) is 4.90 Å². The Bertz CT molecular complexity index is 490. The van der Waals surface area contributed by atoms with E-state index < -0.39 is 6.10 Å². The fraction of sp³-hybridized carbons (Fsp3) is 0.500. The number of aliphatic hydroxyl groups is 1. The van der Waals surface area contributed by atoms with E-state index in [1.54, 1.807) is 14.2 Å². The Labute approximate surface area is 113 Å². The van der Waals surface area contributed by atoms with Gasteiger partial charge in [-0.05, 0) is 19.1 Å². The van der Waals surface area contributed by atoms with Crippen molar-refractivity contribution in [3.63, 3.8) is 0 Å². The maximum atomic E-state index is 11.7. The molecule has 1 aromatic rings. The summed E-state index contributed by atoms with van der Waals surface area (Å²) in [6, 6.07) is 5.89. The lowest BCUT2D eigenvalue weighted by atomic mass is 10.1. The second-order valence-electron chi connectivity index (χ2n) is 4.96. The van der Waals surface area contributed by atoms with Gasteiger partial charge in [0, 0.05) is 38.5 Å². The topological polar surface area (TPSA) is 53.0 Å². The minimum atomic E-state index is -1.03. The highest BCUT2D eigenvalue weighted by Crippen LogP contribution is 2.37. The monoisotopic (exact) mass is 264 g/mol. The number of aliphatic hydroxyl groups excluding tert-OH is 1. The number of carbonyl (C=O) groups excluding carboxylic acids is 1. The van der Waals surface area contributed by atoms with Crippen molar-refractivity contribution in [2.24, 2.45) is 0 Å². The summed E-state index contributed by atoms with van der Waals surface area (Å²) < 4.78 is 5.15. The third-order valence-electron chi connectivity index (χ3n) is 3.71. The van der Waals surface area contributed by atoms with Gasteiger partial charge in [-0.1, -0.05) is 6.07 Å². The Morgan fingerprint density at radius 3 is 2.84 bits per heavy atom. The maximum Gasteiger partial charge on any atom is 0.260 e. The molecule has 2 unspecified atom stereocenters. The summed E-state index contributed by atoms with van der Waals surface area (Å²) in [4.78, 5) is 15.3. The van der Waals surface area contributed by atoms with E-state index in [2.05, 4.69) is 11.8 Å². The number of ether oxygens (including phenoxy) is 1. The lowest BCUT2D eigenvalue weighted by Gasteiger charge is -2.27. The number of hydrogen-bond donors (Lipinski definition) is 1. The number of methoxy groups -OCH3 is 1. The Morgan fingerprint density at radius 2 is 2.21 bits per heavy atom. The average Bonchev–Trinajstić information content (AvgIpc) is 2.63. The SMILES string of the molecule is COCC(C)N(C)c1ccc2c(c1)N(C)C(=O)C2O. The number of nitrogens with zero attached hydrogens (tertiary/aromatic N) is 2. The number of likely N-dealkylation sites (N-methyl/N-ethyl adjacent to an activating group) is 2. The molecule has 1 aliphatic rings. The van der Waals surface area contributed by atoms with Crippen LogP contribution in [0.5, 0.6) is 0 Å². The molecule has 1 amide bonds. The van der Waals surface area contributed by atoms with Crippen LogP contribution in [0.15, 0.2) is 18.2 Å².